The average Bonchev–Trinajstić information content (AvgIpc) is 2.56. The Morgan fingerprint density at radius 2 is 1.91 bits per heavy atom. The molecule has 126 valence electrons. The summed E-state index contributed by atoms with van der Waals surface area (Å²) in [5, 5.41) is 9.53. The van der Waals surface area contributed by atoms with Crippen LogP contribution < -0.4 is 0 Å². The van der Waals surface area contributed by atoms with E-state index in [2.05, 4.69) is 6.07 Å². The van der Waals surface area contributed by atoms with Crippen molar-refractivity contribution >= 4 is 10.0 Å². The van der Waals surface area contributed by atoms with Gasteiger partial charge in [-0.2, -0.15) is 5.26 Å². The van der Waals surface area contributed by atoms with Crippen LogP contribution in [0.5, 0.6) is 0 Å². The Hall–Kier alpha value is -1.42. The number of nitriles is 1. The summed E-state index contributed by atoms with van der Waals surface area (Å²) in [6.07, 6.45) is 1.67. The molecule has 0 atom stereocenters. The zero-order chi connectivity index (χ0) is 16.8. The van der Waals surface area contributed by atoms with Gasteiger partial charge in [-0.3, -0.25) is 0 Å². The molecule has 0 unspecified atom stereocenters. The van der Waals surface area contributed by atoms with Gasteiger partial charge in [-0.1, -0.05) is 37.3 Å². The van der Waals surface area contributed by atoms with E-state index in [4.69, 9.17) is 4.74 Å². The Morgan fingerprint density at radius 3 is 2.48 bits per heavy atom. The molecule has 0 bridgehead atoms. The van der Waals surface area contributed by atoms with Gasteiger partial charge in [0.05, 0.1) is 30.5 Å². The highest BCUT2D eigenvalue weighted by atomic mass is 32.2. The van der Waals surface area contributed by atoms with Gasteiger partial charge in [0.1, 0.15) is 0 Å². The molecule has 1 fully saturated rings. The summed E-state index contributed by atoms with van der Waals surface area (Å²) in [5.74, 6) is 0.178. The van der Waals surface area contributed by atoms with E-state index in [-0.39, 0.29) is 5.75 Å². The Labute approximate surface area is 138 Å². The Morgan fingerprint density at radius 1 is 1.26 bits per heavy atom. The van der Waals surface area contributed by atoms with Gasteiger partial charge in [-0.05, 0) is 24.8 Å². The first-order chi connectivity index (χ1) is 11.0. The van der Waals surface area contributed by atoms with Crippen molar-refractivity contribution in [2.45, 2.75) is 32.8 Å². The van der Waals surface area contributed by atoms with Crippen LogP contribution in [0.3, 0.4) is 0 Å². The van der Waals surface area contributed by atoms with Crippen molar-refractivity contribution in [2.24, 2.45) is 5.41 Å². The van der Waals surface area contributed by atoms with E-state index in [1.54, 1.807) is 0 Å². The van der Waals surface area contributed by atoms with Crippen molar-refractivity contribution in [3.63, 3.8) is 0 Å². The lowest BCUT2D eigenvalue weighted by molar-refractivity contribution is 0.0362. The lowest BCUT2D eigenvalue weighted by Crippen LogP contribution is -2.45. The van der Waals surface area contributed by atoms with E-state index < -0.39 is 15.4 Å². The van der Waals surface area contributed by atoms with Gasteiger partial charge in [-0.15, -0.1) is 0 Å². The summed E-state index contributed by atoms with van der Waals surface area (Å²) in [6, 6.07) is 12.2. The maximum atomic E-state index is 12.1. The van der Waals surface area contributed by atoms with Crippen LogP contribution in [0, 0.1) is 16.7 Å². The second-order valence-corrected chi connectivity index (χ2v) is 8.17. The predicted octanol–water partition coefficient (Wildman–Crippen LogP) is 2.55. The van der Waals surface area contributed by atoms with E-state index in [1.165, 1.54) is 4.31 Å². The fourth-order valence-electron chi connectivity index (χ4n) is 2.81. The minimum Gasteiger partial charge on any atom is -0.375 e. The van der Waals surface area contributed by atoms with E-state index in [0.717, 1.165) is 5.56 Å². The molecule has 0 radical (unpaired) electrons. The van der Waals surface area contributed by atoms with Crippen molar-refractivity contribution in [2.75, 3.05) is 25.4 Å². The average molecular weight is 336 g/mol. The molecule has 0 aliphatic carbocycles. The molecule has 23 heavy (non-hydrogen) atoms. The molecule has 0 aromatic heterocycles. The zero-order valence-corrected chi connectivity index (χ0v) is 14.4. The second kappa shape index (κ2) is 7.91. The molecule has 0 saturated carbocycles. The van der Waals surface area contributed by atoms with Crippen LogP contribution in [-0.2, 0) is 21.4 Å². The van der Waals surface area contributed by atoms with Gasteiger partial charge in [0.15, 0.2) is 0 Å². The van der Waals surface area contributed by atoms with Crippen LogP contribution in [-0.4, -0.2) is 38.2 Å². The third kappa shape index (κ3) is 4.77. The van der Waals surface area contributed by atoms with E-state index in [9.17, 15) is 13.7 Å². The summed E-state index contributed by atoms with van der Waals surface area (Å²) < 4.78 is 31.4. The van der Waals surface area contributed by atoms with Crippen molar-refractivity contribution in [3.8, 4) is 6.07 Å². The molecule has 5 nitrogen and oxygen atoms in total. The molecule has 0 amide bonds. The number of piperidine rings is 1. The molecule has 1 heterocycles. The number of ether oxygens (including phenoxy) is 1. The van der Waals surface area contributed by atoms with Crippen LogP contribution in [0.25, 0.3) is 0 Å². The smallest absolute Gasteiger partial charge is 0.214 e. The molecule has 2 rings (SSSR count). The fourth-order valence-corrected chi connectivity index (χ4v) is 4.32. The molecule has 6 heteroatoms. The van der Waals surface area contributed by atoms with Crippen LogP contribution in [0.4, 0.5) is 0 Å². The number of hydrogen-bond acceptors (Lipinski definition) is 4. The van der Waals surface area contributed by atoms with Gasteiger partial charge < -0.3 is 4.74 Å². The molecule has 1 aromatic carbocycles. The summed E-state index contributed by atoms with van der Waals surface area (Å²) in [5.41, 5.74) is 0.496. The lowest BCUT2D eigenvalue weighted by Gasteiger charge is -2.36. The Kier molecular flexibility index (Phi) is 6.17. The van der Waals surface area contributed by atoms with Crippen molar-refractivity contribution in [1.82, 2.24) is 4.31 Å². The highest BCUT2D eigenvalue weighted by Gasteiger charge is 2.38. The van der Waals surface area contributed by atoms with Gasteiger partial charge >= 0.3 is 0 Å². The quantitative estimate of drug-likeness (QED) is 0.767. The number of nitrogens with zero attached hydrogens (tertiary/aromatic N) is 2. The van der Waals surface area contributed by atoms with Crippen molar-refractivity contribution in [3.05, 3.63) is 35.9 Å². The van der Waals surface area contributed by atoms with E-state index >= 15 is 0 Å². The zero-order valence-electron chi connectivity index (χ0n) is 13.6. The van der Waals surface area contributed by atoms with E-state index in [0.29, 0.717) is 45.6 Å². The first kappa shape index (κ1) is 17.9. The molecule has 1 aromatic rings. The standard InChI is InChI=1S/C17H24N2O3S/c1-2-12-23(20,21)19-10-8-17(14-18,9-11-19)15-22-13-16-6-4-3-5-7-16/h3-7H,2,8-13,15H2,1H3. The van der Waals surface area contributed by atoms with Crippen LogP contribution in [0.1, 0.15) is 31.7 Å². The number of rotatable bonds is 7. The molecule has 1 aliphatic heterocycles. The monoisotopic (exact) mass is 336 g/mol. The number of hydrogen-bond donors (Lipinski definition) is 0. The minimum absolute atomic E-state index is 0.178. The second-order valence-electron chi connectivity index (χ2n) is 6.09. The molecular weight excluding hydrogens is 312 g/mol. The minimum atomic E-state index is -3.17. The largest absolute Gasteiger partial charge is 0.375 e. The van der Waals surface area contributed by atoms with Crippen LogP contribution in [0.15, 0.2) is 30.3 Å². The summed E-state index contributed by atoms with van der Waals surface area (Å²) >= 11 is 0. The number of benzene rings is 1. The number of sulfonamides is 1. The first-order valence-corrected chi connectivity index (χ1v) is 9.63. The normalized spacial score (nSPS) is 18.4. The maximum Gasteiger partial charge on any atom is 0.214 e. The van der Waals surface area contributed by atoms with Crippen LogP contribution >= 0.6 is 0 Å². The van der Waals surface area contributed by atoms with Gasteiger partial charge in [0, 0.05) is 13.1 Å². The van der Waals surface area contributed by atoms with Gasteiger partial charge in [0.2, 0.25) is 10.0 Å². The van der Waals surface area contributed by atoms with Gasteiger partial charge in [0.25, 0.3) is 0 Å². The lowest BCUT2D eigenvalue weighted by atomic mass is 9.81. The third-order valence-corrected chi connectivity index (χ3v) is 6.34. The highest BCUT2D eigenvalue weighted by molar-refractivity contribution is 7.89. The van der Waals surface area contributed by atoms with E-state index in [1.807, 2.05) is 37.3 Å². The maximum absolute atomic E-state index is 12.1. The molecular formula is C17H24N2O3S. The first-order valence-electron chi connectivity index (χ1n) is 8.02. The Bertz CT molecular complexity index is 630. The van der Waals surface area contributed by atoms with Crippen LogP contribution in [0.2, 0.25) is 0 Å². The molecule has 0 N–H and O–H groups in total. The predicted molar refractivity (Wildman–Crippen MR) is 89.0 cm³/mol. The fraction of sp³-hybridized carbons (Fsp3) is 0.588. The summed E-state index contributed by atoms with van der Waals surface area (Å²) in [6.45, 7) is 3.50. The third-order valence-electron chi connectivity index (χ3n) is 4.26. The topological polar surface area (TPSA) is 70.4 Å². The molecule has 1 aliphatic rings. The van der Waals surface area contributed by atoms with Crippen molar-refractivity contribution < 1.29 is 13.2 Å². The summed E-state index contributed by atoms with van der Waals surface area (Å²) in [7, 11) is -3.17. The molecule has 0 spiro atoms. The van der Waals surface area contributed by atoms with Gasteiger partial charge in [-0.25, -0.2) is 12.7 Å². The van der Waals surface area contributed by atoms with Crippen molar-refractivity contribution in [1.29, 1.82) is 5.26 Å². The highest BCUT2D eigenvalue weighted by Crippen LogP contribution is 2.32. The Balaban J connectivity index is 1.88. The summed E-state index contributed by atoms with van der Waals surface area (Å²) in [4.78, 5) is 0. The SMILES string of the molecule is CCCS(=O)(=O)N1CCC(C#N)(COCc2ccccc2)CC1. The molecule has 1 saturated heterocycles.